The zero-order valence-electron chi connectivity index (χ0n) is 13.3. The van der Waals surface area contributed by atoms with Gasteiger partial charge in [0.05, 0.1) is 12.5 Å². The molecular weight excluding hydrogens is 278 g/mol. The molecule has 120 valence electrons. The highest BCUT2D eigenvalue weighted by Crippen LogP contribution is 2.27. The summed E-state index contributed by atoms with van der Waals surface area (Å²) < 4.78 is 5.54. The molecule has 1 saturated heterocycles. The Balaban J connectivity index is 1.51. The summed E-state index contributed by atoms with van der Waals surface area (Å²) in [6, 6.07) is 6.66. The van der Waals surface area contributed by atoms with Crippen LogP contribution in [0.1, 0.15) is 37.3 Å². The first-order chi connectivity index (χ1) is 10.6. The van der Waals surface area contributed by atoms with Crippen molar-refractivity contribution in [2.75, 3.05) is 19.7 Å². The minimum absolute atomic E-state index is 0.152. The highest BCUT2D eigenvalue weighted by molar-refractivity contribution is 5.70. The lowest BCUT2D eigenvalue weighted by Crippen LogP contribution is -2.46. The lowest BCUT2D eigenvalue weighted by molar-refractivity contribution is -0.145. The van der Waals surface area contributed by atoms with Gasteiger partial charge in [-0.15, -0.1) is 0 Å². The van der Waals surface area contributed by atoms with Gasteiger partial charge in [0.2, 0.25) is 0 Å². The van der Waals surface area contributed by atoms with Crippen LogP contribution in [0.5, 0.6) is 5.75 Å². The van der Waals surface area contributed by atoms with Gasteiger partial charge in [-0.2, -0.15) is 0 Å². The monoisotopic (exact) mass is 303 g/mol. The molecule has 22 heavy (non-hydrogen) atoms. The third-order valence-electron chi connectivity index (χ3n) is 5.10. The van der Waals surface area contributed by atoms with Crippen LogP contribution in [0.15, 0.2) is 18.2 Å². The van der Waals surface area contributed by atoms with Gasteiger partial charge in [0, 0.05) is 12.5 Å². The Kier molecular flexibility index (Phi) is 4.67. The highest BCUT2D eigenvalue weighted by atomic mass is 16.5. The average molecular weight is 303 g/mol. The molecule has 1 aromatic carbocycles. The lowest BCUT2D eigenvalue weighted by Gasteiger charge is -2.37. The van der Waals surface area contributed by atoms with Crippen LogP contribution in [0.3, 0.4) is 0 Å². The summed E-state index contributed by atoms with van der Waals surface area (Å²) in [7, 11) is 0. The fourth-order valence-corrected chi connectivity index (χ4v) is 3.74. The molecule has 3 rings (SSSR count). The van der Waals surface area contributed by atoms with Gasteiger partial charge in [-0.3, -0.25) is 9.69 Å². The first-order valence-corrected chi connectivity index (χ1v) is 8.36. The number of carbonyl (C=O) groups is 1. The normalized spacial score (nSPS) is 24.8. The number of likely N-dealkylation sites (tertiary alicyclic amines) is 1. The van der Waals surface area contributed by atoms with E-state index in [0.717, 1.165) is 57.6 Å². The number of carboxylic acids is 1. The van der Waals surface area contributed by atoms with E-state index in [1.165, 1.54) is 11.1 Å². The van der Waals surface area contributed by atoms with Crippen molar-refractivity contribution >= 4 is 5.97 Å². The van der Waals surface area contributed by atoms with Crippen LogP contribution in [0.4, 0.5) is 0 Å². The fourth-order valence-electron chi connectivity index (χ4n) is 3.74. The standard InChI is InChI=1S/C18H25NO3/c1-13-16(18(20)21)5-3-10-19(13)9-2-4-14-6-7-17-15(12-14)8-11-22-17/h6-7,12-13,16H,2-5,8-11H2,1H3,(H,20,21)/t13-,16-/m1/s1. The summed E-state index contributed by atoms with van der Waals surface area (Å²) in [6.07, 6.45) is 4.96. The van der Waals surface area contributed by atoms with Crippen molar-refractivity contribution in [2.24, 2.45) is 5.92 Å². The molecule has 0 amide bonds. The smallest absolute Gasteiger partial charge is 0.308 e. The Hall–Kier alpha value is -1.55. The second-order valence-electron chi connectivity index (χ2n) is 6.51. The van der Waals surface area contributed by atoms with Crippen molar-refractivity contribution in [1.29, 1.82) is 0 Å². The molecule has 0 radical (unpaired) electrons. The number of rotatable bonds is 5. The molecule has 2 atom stereocenters. The molecule has 0 aromatic heterocycles. The quantitative estimate of drug-likeness (QED) is 0.908. The molecule has 4 nitrogen and oxygen atoms in total. The number of hydrogen-bond donors (Lipinski definition) is 1. The van der Waals surface area contributed by atoms with E-state index in [-0.39, 0.29) is 12.0 Å². The zero-order chi connectivity index (χ0) is 15.5. The van der Waals surface area contributed by atoms with E-state index in [4.69, 9.17) is 4.74 Å². The predicted octanol–water partition coefficient (Wildman–Crippen LogP) is 2.74. The van der Waals surface area contributed by atoms with Crippen molar-refractivity contribution < 1.29 is 14.6 Å². The van der Waals surface area contributed by atoms with Crippen molar-refractivity contribution in [1.82, 2.24) is 4.90 Å². The second kappa shape index (κ2) is 6.69. The van der Waals surface area contributed by atoms with Crippen molar-refractivity contribution in [3.05, 3.63) is 29.3 Å². The van der Waals surface area contributed by atoms with Crippen LogP contribution in [-0.4, -0.2) is 41.7 Å². The number of piperidine rings is 1. The van der Waals surface area contributed by atoms with Crippen LogP contribution >= 0.6 is 0 Å². The van der Waals surface area contributed by atoms with Crippen LogP contribution in [0, 0.1) is 5.92 Å². The molecule has 2 aliphatic rings. The number of aliphatic carboxylic acids is 1. The number of benzene rings is 1. The van der Waals surface area contributed by atoms with E-state index < -0.39 is 5.97 Å². The Labute approximate surface area is 132 Å². The molecule has 4 heteroatoms. The van der Waals surface area contributed by atoms with Crippen molar-refractivity contribution in [2.45, 2.75) is 45.1 Å². The molecule has 0 bridgehead atoms. The number of carboxylic acid groups (broad SMARTS) is 1. The van der Waals surface area contributed by atoms with Gasteiger partial charge in [0.25, 0.3) is 0 Å². The van der Waals surface area contributed by atoms with E-state index >= 15 is 0 Å². The zero-order valence-corrected chi connectivity index (χ0v) is 13.3. The Bertz CT molecular complexity index is 543. The van der Waals surface area contributed by atoms with Gasteiger partial charge in [-0.05, 0) is 62.9 Å². The molecule has 1 N–H and O–H groups in total. The summed E-state index contributed by atoms with van der Waals surface area (Å²) in [4.78, 5) is 13.6. The van der Waals surface area contributed by atoms with Gasteiger partial charge >= 0.3 is 5.97 Å². The molecule has 1 fully saturated rings. The summed E-state index contributed by atoms with van der Waals surface area (Å²) >= 11 is 0. The van der Waals surface area contributed by atoms with E-state index in [1.54, 1.807) is 0 Å². The van der Waals surface area contributed by atoms with Crippen molar-refractivity contribution in [3.63, 3.8) is 0 Å². The highest BCUT2D eigenvalue weighted by Gasteiger charge is 2.32. The summed E-state index contributed by atoms with van der Waals surface area (Å²) in [5.41, 5.74) is 2.69. The number of ether oxygens (including phenoxy) is 1. The molecular formula is C18H25NO3. The van der Waals surface area contributed by atoms with Gasteiger partial charge in [0.15, 0.2) is 0 Å². The number of aryl methyl sites for hydroxylation is 1. The van der Waals surface area contributed by atoms with Gasteiger partial charge in [0.1, 0.15) is 5.75 Å². The topological polar surface area (TPSA) is 49.8 Å². The molecule has 2 heterocycles. The second-order valence-corrected chi connectivity index (χ2v) is 6.51. The van der Waals surface area contributed by atoms with E-state index in [9.17, 15) is 9.90 Å². The number of hydrogen-bond acceptors (Lipinski definition) is 3. The number of nitrogens with zero attached hydrogens (tertiary/aromatic N) is 1. The first kappa shape index (κ1) is 15.3. The minimum Gasteiger partial charge on any atom is -0.493 e. The SMILES string of the molecule is C[C@@H]1[C@H](C(=O)O)CCCN1CCCc1ccc2c(c1)CCO2. The van der Waals surface area contributed by atoms with Gasteiger partial charge in [-0.1, -0.05) is 12.1 Å². The molecule has 1 aromatic rings. The predicted molar refractivity (Wildman–Crippen MR) is 85.4 cm³/mol. The van der Waals surface area contributed by atoms with Gasteiger partial charge in [-0.25, -0.2) is 0 Å². The van der Waals surface area contributed by atoms with E-state index in [2.05, 4.69) is 30.0 Å². The number of fused-ring (bicyclic) bond motifs is 1. The summed E-state index contributed by atoms with van der Waals surface area (Å²) in [6.45, 7) is 4.88. The minimum atomic E-state index is -0.643. The maximum absolute atomic E-state index is 11.3. The van der Waals surface area contributed by atoms with Crippen LogP contribution in [0.2, 0.25) is 0 Å². The largest absolute Gasteiger partial charge is 0.493 e. The summed E-state index contributed by atoms with van der Waals surface area (Å²) in [5.74, 6) is 0.194. The van der Waals surface area contributed by atoms with Crippen molar-refractivity contribution in [3.8, 4) is 5.75 Å². The van der Waals surface area contributed by atoms with Crippen LogP contribution in [0.25, 0.3) is 0 Å². The van der Waals surface area contributed by atoms with Gasteiger partial charge < -0.3 is 9.84 Å². The third-order valence-corrected chi connectivity index (χ3v) is 5.10. The van der Waals surface area contributed by atoms with E-state index in [0.29, 0.717) is 0 Å². The Morgan fingerprint density at radius 1 is 1.45 bits per heavy atom. The first-order valence-electron chi connectivity index (χ1n) is 8.36. The van der Waals surface area contributed by atoms with E-state index in [1.807, 2.05) is 0 Å². The fraction of sp³-hybridized carbons (Fsp3) is 0.611. The lowest BCUT2D eigenvalue weighted by atomic mass is 9.90. The summed E-state index contributed by atoms with van der Waals surface area (Å²) in [5, 5.41) is 9.28. The molecule has 0 aliphatic carbocycles. The maximum Gasteiger partial charge on any atom is 0.308 e. The Morgan fingerprint density at radius 2 is 2.32 bits per heavy atom. The average Bonchev–Trinajstić information content (AvgIpc) is 2.96. The Morgan fingerprint density at radius 3 is 3.14 bits per heavy atom. The third kappa shape index (κ3) is 3.27. The molecule has 0 saturated carbocycles. The maximum atomic E-state index is 11.3. The van der Waals surface area contributed by atoms with Crippen LogP contribution in [-0.2, 0) is 17.6 Å². The molecule has 0 spiro atoms. The van der Waals surface area contributed by atoms with Crippen LogP contribution < -0.4 is 4.74 Å². The molecule has 2 aliphatic heterocycles. The molecule has 0 unspecified atom stereocenters.